The van der Waals surface area contributed by atoms with E-state index in [0.717, 1.165) is 24.1 Å². The minimum atomic E-state index is -0.571. The minimum absolute atomic E-state index is 0.105. The molecule has 3 nitrogen and oxygen atoms in total. The van der Waals surface area contributed by atoms with Gasteiger partial charge in [0.25, 0.3) is 0 Å². The molecule has 1 aliphatic rings. The largest absolute Gasteiger partial charge is 0.300 e. The van der Waals surface area contributed by atoms with Gasteiger partial charge in [-0.3, -0.25) is 16.2 Å². The van der Waals surface area contributed by atoms with Gasteiger partial charge < -0.3 is 0 Å². The number of likely N-dealkylation sites (N-methyl/N-ethyl adjacent to an activating group) is 1. The third-order valence-corrected chi connectivity index (χ3v) is 4.35. The van der Waals surface area contributed by atoms with Crippen molar-refractivity contribution in [3.8, 4) is 0 Å². The number of rotatable bonds is 3. The Kier molecular flexibility index (Phi) is 4.55. The van der Waals surface area contributed by atoms with E-state index in [0.29, 0.717) is 5.56 Å². The fourth-order valence-corrected chi connectivity index (χ4v) is 3.49. The van der Waals surface area contributed by atoms with Crippen molar-refractivity contribution in [1.82, 2.24) is 10.3 Å². The summed E-state index contributed by atoms with van der Waals surface area (Å²) in [4.78, 5) is 2.16. The van der Waals surface area contributed by atoms with Crippen LogP contribution < -0.4 is 11.3 Å². The summed E-state index contributed by atoms with van der Waals surface area (Å²) in [6.07, 6.45) is 0. The first kappa shape index (κ1) is 13.7. The summed E-state index contributed by atoms with van der Waals surface area (Å²) < 4.78 is 26.7. The molecule has 1 aliphatic heterocycles. The van der Waals surface area contributed by atoms with Crippen molar-refractivity contribution < 1.29 is 8.78 Å². The van der Waals surface area contributed by atoms with E-state index in [4.69, 9.17) is 5.84 Å². The summed E-state index contributed by atoms with van der Waals surface area (Å²) in [5, 5.41) is 0. The van der Waals surface area contributed by atoms with E-state index < -0.39 is 11.6 Å². The number of thioether (sulfide) groups is 1. The van der Waals surface area contributed by atoms with Crippen molar-refractivity contribution in [1.29, 1.82) is 0 Å². The van der Waals surface area contributed by atoms with Crippen molar-refractivity contribution in [2.75, 3.05) is 25.1 Å². The summed E-state index contributed by atoms with van der Waals surface area (Å²) in [6, 6.07) is 3.40. The van der Waals surface area contributed by atoms with Gasteiger partial charge >= 0.3 is 0 Å². The van der Waals surface area contributed by atoms with E-state index >= 15 is 0 Å². The number of nitrogens with zero attached hydrogens (tertiary/aromatic N) is 1. The second-order valence-corrected chi connectivity index (χ2v) is 5.58. The third-order valence-electron chi connectivity index (χ3n) is 3.30. The predicted molar refractivity (Wildman–Crippen MR) is 70.2 cm³/mol. The molecule has 0 aromatic heterocycles. The molecule has 1 heterocycles. The van der Waals surface area contributed by atoms with Crippen LogP contribution in [0.25, 0.3) is 0 Å². The zero-order valence-corrected chi connectivity index (χ0v) is 11.0. The number of nitrogens with one attached hydrogen (secondary N) is 1. The lowest BCUT2D eigenvalue weighted by atomic mass is 9.99. The van der Waals surface area contributed by atoms with Crippen molar-refractivity contribution in [3.05, 3.63) is 35.4 Å². The number of halogens is 2. The first-order valence-corrected chi connectivity index (χ1v) is 6.98. The monoisotopic (exact) mass is 273 g/mol. The molecule has 0 spiro atoms. The molecule has 1 aromatic carbocycles. The topological polar surface area (TPSA) is 41.3 Å². The normalized spacial score (nSPS) is 23.0. The molecule has 2 rings (SSSR count). The lowest BCUT2D eigenvalue weighted by molar-refractivity contribution is 0.213. The zero-order valence-electron chi connectivity index (χ0n) is 10.2. The highest BCUT2D eigenvalue weighted by molar-refractivity contribution is 7.99. The van der Waals surface area contributed by atoms with Gasteiger partial charge in [0, 0.05) is 35.7 Å². The number of benzene rings is 1. The molecule has 18 heavy (non-hydrogen) atoms. The molecule has 3 N–H and O–H groups in total. The maximum absolute atomic E-state index is 13.8. The third kappa shape index (κ3) is 2.83. The Hall–Kier alpha value is -0.690. The van der Waals surface area contributed by atoms with Crippen molar-refractivity contribution in [2.24, 2.45) is 5.84 Å². The molecule has 0 aliphatic carbocycles. The zero-order chi connectivity index (χ0) is 13.1. The van der Waals surface area contributed by atoms with Crippen molar-refractivity contribution in [3.63, 3.8) is 0 Å². The van der Waals surface area contributed by atoms with Gasteiger partial charge in [0.1, 0.15) is 11.6 Å². The Labute approximate surface area is 110 Å². The van der Waals surface area contributed by atoms with Crippen LogP contribution in [0.5, 0.6) is 0 Å². The molecule has 0 radical (unpaired) electrons. The van der Waals surface area contributed by atoms with Gasteiger partial charge in [0.05, 0.1) is 6.04 Å². The molecule has 1 fully saturated rings. The maximum Gasteiger partial charge on any atom is 0.131 e. The van der Waals surface area contributed by atoms with E-state index in [1.165, 1.54) is 12.1 Å². The predicted octanol–water partition coefficient (Wildman–Crippen LogP) is 1.52. The molecule has 0 amide bonds. The maximum atomic E-state index is 13.8. The van der Waals surface area contributed by atoms with E-state index in [2.05, 4.69) is 10.3 Å². The second-order valence-electron chi connectivity index (χ2n) is 4.43. The summed E-state index contributed by atoms with van der Waals surface area (Å²) in [7, 11) is 2.00. The van der Waals surface area contributed by atoms with Gasteiger partial charge in [-0.15, -0.1) is 0 Å². The average molecular weight is 273 g/mol. The van der Waals surface area contributed by atoms with Crippen LogP contribution in [-0.4, -0.2) is 36.0 Å². The summed E-state index contributed by atoms with van der Waals surface area (Å²) in [6.45, 7) is 0.941. The number of hydrogen-bond donors (Lipinski definition) is 2. The molecule has 2 atom stereocenters. The van der Waals surface area contributed by atoms with Crippen LogP contribution in [0.4, 0.5) is 8.78 Å². The van der Waals surface area contributed by atoms with Crippen molar-refractivity contribution in [2.45, 2.75) is 12.1 Å². The Balaban J connectivity index is 2.26. The van der Waals surface area contributed by atoms with Crippen LogP contribution in [0.3, 0.4) is 0 Å². The fraction of sp³-hybridized carbons (Fsp3) is 0.500. The smallest absolute Gasteiger partial charge is 0.131 e. The van der Waals surface area contributed by atoms with Gasteiger partial charge in [0.15, 0.2) is 0 Å². The van der Waals surface area contributed by atoms with Crippen LogP contribution in [0.1, 0.15) is 11.6 Å². The summed E-state index contributed by atoms with van der Waals surface area (Å²) in [5.74, 6) is 6.38. The van der Waals surface area contributed by atoms with E-state index in [1.54, 1.807) is 0 Å². The highest BCUT2D eigenvalue weighted by atomic mass is 32.2. The molecule has 1 saturated heterocycles. The van der Waals surface area contributed by atoms with Crippen LogP contribution in [0.2, 0.25) is 0 Å². The van der Waals surface area contributed by atoms with E-state index in [1.807, 2.05) is 18.8 Å². The van der Waals surface area contributed by atoms with Gasteiger partial charge in [-0.05, 0) is 13.1 Å². The first-order chi connectivity index (χ1) is 8.63. The molecule has 1 aromatic rings. The molecule has 2 unspecified atom stereocenters. The Bertz CT molecular complexity index is 416. The molecule has 0 bridgehead atoms. The minimum Gasteiger partial charge on any atom is -0.300 e. The molecular formula is C12H17F2N3S. The fourth-order valence-electron chi connectivity index (χ4n) is 2.22. The van der Waals surface area contributed by atoms with E-state index in [9.17, 15) is 8.78 Å². The standard InChI is InChI=1S/C12H17F2N3S/c1-17-4-5-18-7-11(17)12(16-15)9-3-2-8(13)6-10(9)14/h2-3,6,11-12,16H,4-5,7,15H2,1H3. The van der Waals surface area contributed by atoms with Crippen LogP contribution in [0, 0.1) is 11.6 Å². The summed E-state index contributed by atoms with van der Waals surface area (Å²) >= 11 is 1.82. The van der Waals surface area contributed by atoms with Crippen LogP contribution in [0.15, 0.2) is 18.2 Å². The molecule has 0 saturated carbocycles. The molecular weight excluding hydrogens is 256 g/mol. The lowest BCUT2D eigenvalue weighted by Crippen LogP contribution is -2.49. The van der Waals surface area contributed by atoms with Gasteiger partial charge in [0.2, 0.25) is 0 Å². The van der Waals surface area contributed by atoms with Gasteiger partial charge in [-0.2, -0.15) is 11.8 Å². The van der Waals surface area contributed by atoms with Crippen LogP contribution in [-0.2, 0) is 0 Å². The van der Waals surface area contributed by atoms with Gasteiger partial charge in [-0.25, -0.2) is 8.78 Å². The second kappa shape index (κ2) is 5.97. The number of hydrazine groups is 1. The summed E-state index contributed by atoms with van der Waals surface area (Å²) in [5.41, 5.74) is 3.08. The Morgan fingerprint density at radius 3 is 2.89 bits per heavy atom. The highest BCUT2D eigenvalue weighted by Crippen LogP contribution is 2.28. The quantitative estimate of drug-likeness (QED) is 0.647. The van der Waals surface area contributed by atoms with Crippen LogP contribution >= 0.6 is 11.8 Å². The lowest BCUT2D eigenvalue weighted by Gasteiger charge is -2.37. The molecule has 6 heteroatoms. The van der Waals surface area contributed by atoms with E-state index in [-0.39, 0.29) is 12.1 Å². The molecule has 100 valence electrons. The average Bonchev–Trinajstić information content (AvgIpc) is 2.34. The SMILES string of the molecule is CN1CCSCC1C(NN)c1ccc(F)cc1F. The van der Waals surface area contributed by atoms with Gasteiger partial charge in [-0.1, -0.05) is 6.07 Å². The Morgan fingerprint density at radius 1 is 1.50 bits per heavy atom. The van der Waals surface area contributed by atoms with Crippen molar-refractivity contribution >= 4 is 11.8 Å². The number of hydrogen-bond acceptors (Lipinski definition) is 4. The highest BCUT2D eigenvalue weighted by Gasteiger charge is 2.30. The number of nitrogens with two attached hydrogens (primary N) is 1. The Morgan fingerprint density at radius 2 is 2.28 bits per heavy atom. The first-order valence-electron chi connectivity index (χ1n) is 5.82.